The predicted molar refractivity (Wildman–Crippen MR) is 107 cm³/mol. The average Bonchev–Trinajstić information content (AvgIpc) is 2.65. The molecule has 0 heterocycles. The highest BCUT2D eigenvalue weighted by atomic mass is 35.5. The fourth-order valence-corrected chi connectivity index (χ4v) is 3.40. The molecule has 8 nitrogen and oxygen atoms in total. The number of methoxy groups -OCH3 is 2. The Balaban J connectivity index is 2.23. The number of esters is 1. The SMILES string of the molecule is COC(=O)c1ccc(NC(=O)CN(c2cc(Cl)ccc2OC)S(C)(=O)=O)cc1. The molecule has 0 unspecified atom stereocenters. The average molecular weight is 427 g/mol. The number of nitrogens with zero attached hydrogens (tertiary/aromatic N) is 1. The zero-order valence-electron chi connectivity index (χ0n) is 15.4. The largest absolute Gasteiger partial charge is 0.495 e. The van der Waals surface area contributed by atoms with Gasteiger partial charge in [0.2, 0.25) is 15.9 Å². The van der Waals surface area contributed by atoms with Crippen LogP contribution in [0.4, 0.5) is 11.4 Å². The second-order valence-corrected chi connectivity index (χ2v) is 8.05. The number of rotatable bonds is 7. The van der Waals surface area contributed by atoms with Gasteiger partial charge in [-0.2, -0.15) is 0 Å². The van der Waals surface area contributed by atoms with Crippen LogP contribution in [0.25, 0.3) is 0 Å². The molecule has 2 aromatic carbocycles. The van der Waals surface area contributed by atoms with Crippen LogP contribution in [0.15, 0.2) is 42.5 Å². The highest BCUT2D eigenvalue weighted by molar-refractivity contribution is 7.92. The molecule has 0 fully saturated rings. The van der Waals surface area contributed by atoms with E-state index in [1.54, 1.807) is 6.07 Å². The van der Waals surface area contributed by atoms with Crippen LogP contribution in [0, 0.1) is 0 Å². The van der Waals surface area contributed by atoms with Crippen molar-refractivity contribution in [3.8, 4) is 5.75 Å². The third-order valence-electron chi connectivity index (χ3n) is 3.69. The van der Waals surface area contributed by atoms with E-state index in [4.69, 9.17) is 16.3 Å². The zero-order chi connectivity index (χ0) is 20.9. The summed E-state index contributed by atoms with van der Waals surface area (Å²) in [6, 6.07) is 10.4. The van der Waals surface area contributed by atoms with Gasteiger partial charge in [0.05, 0.1) is 31.7 Å². The maximum Gasteiger partial charge on any atom is 0.337 e. The fourth-order valence-electron chi connectivity index (χ4n) is 2.38. The van der Waals surface area contributed by atoms with Crippen molar-refractivity contribution in [1.29, 1.82) is 0 Å². The number of carbonyl (C=O) groups excluding carboxylic acids is 2. The van der Waals surface area contributed by atoms with Gasteiger partial charge in [0, 0.05) is 10.7 Å². The van der Waals surface area contributed by atoms with Gasteiger partial charge in [-0.3, -0.25) is 9.10 Å². The van der Waals surface area contributed by atoms with Crippen molar-refractivity contribution in [2.45, 2.75) is 0 Å². The van der Waals surface area contributed by atoms with Crippen molar-refractivity contribution in [1.82, 2.24) is 0 Å². The molecular weight excluding hydrogens is 408 g/mol. The van der Waals surface area contributed by atoms with Crippen LogP contribution in [0.3, 0.4) is 0 Å². The summed E-state index contributed by atoms with van der Waals surface area (Å²) in [5.74, 6) is -0.836. The lowest BCUT2D eigenvalue weighted by atomic mass is 10.2. The third-order valence-corrected chi connectivity index (χ3v) is 5.05. The lowest BCUT2D eigenvalue weighted by Crippen LogP contribution is -2.37. The monoisotopic (exact) mass is 426 g/mol. The summed E-state index contributed by atoms with van der Waals surface area (Å²) in [7, 11) is -1.15. The van der Waals surface area contributed by atoms with Gasteiger partial charge in [-0.1, -0.05) is 11.6 Å². The number of ether oxygens (including phenoxy) is 2. The van der Waals surface area contributed by atoms with Gasteiger partial charge in [0.15, 0.2) is 0 Å². The molecule has 2 rings (SSSR count). The first kappa shape index (κ1) is 21.5. The molecule has 0 spiro atoms. The Morgan fingerprint density at radius 1 is 1.11 bits per heavy atom. The molecule has 2 aromatic rings. The summed E-state index contributed by atoms with van der Waals surface area (Å²) in [4.78, 5) is 23.9. The van der Waals surface area contributed by atoms with Crippen LogP contribution in [-0.2, 0) is 19.6 Å². The Hall–Kier alpha value is -2.78. The van der Waals surface area contributed by atoms with E-state index >= 15 is 0 Å². The topological polar surface area (TPSA) is 102 Å². The van der Waals surface area contributed by atoms with Crippen molar-refractivity contribution in [2.24, 2.45) is 0 Å². The molecule has 1 amide bonds. The first-order valence-electron chi connectivity index (χ1n) is 7.95. The van der Waals surface area contributed by atoms with Crippen molar-refractivity contribution in [3.05, 3.63) is 53.1 Å². The molecule has 0 aliphatic carbocycles. The summed E-state index contributed by atoms with van der Waals surface area (Å²) in [6.45, 7) is -0.492. The van der Waals surface area contributed by atoms with E-state index < -0.39 is 28.4 Å². The van der Waals surface area contributed by atoms with Gasteiger partial charge in [-0.25, -0.2) is 13.2 Å². The Bertz CT molecular complexity index is 976. The van der Waals surface area contributed by atoms with Crippen LogP contribution in [-0.4, -0.2) is 47.3 Å². The number of hydrogen-bond donors (Lipinski definition) is 1. The van der Waals surface area contributed by atoms with E-state index in [9.17, 15) is 18.0 Å². The first-order chi connectivity index (χ1) is 13.2. The Morgan fingerprint density at radius 3 is 2.29 bits per heavy atom. The van der Waals surface area contributed by atoms with E-state index in [-0.39, 0.29) is 11.4 Å². The molecule has 0 radical (unpaired) electrons. The number of hydrogen-bond acceptors (Lipinski definition) is 6. The summed E-state index contributed by atoms with van der Waals surface area (Å²) >= 11 is 5.97. The number of nitrogens with one attached hydrogen (secondary N) is 1. The van der Waals surface area contributed by atoms with Crippen LogP contribution >= 0.6 is 11.6 Å². The summed E-state index contributed by atoms with van der Waals surface area (Å²) < 4.78 is 35.2. The number of amides is 1. The lowest BCUT2D eigenvalue weighted by Gasteiger charge is -2.24. The van der Waals surface area contributed by atoms with Gasteiger partial charge in [0.1, 0.15) is 12.3 Å². The van der Waals surface area contributed by atoms with Gasteiger partial charge in [0.25, 0.3) is 0 Å². The summed E-state index contributed by atoms with van der Waals surface area (Å²) in [5.41, 5.74) is 0.861. The number of carbonyl (C=O) groups is 2. The molecule has 0 aromatic heterocycles. The van der Waals surface area contributed by atoms with Gasteiger partial charge < -0.3 is 14.8 Å². The standard InChI is InChI=1S/C18H19ClN2O6S/c1-26-16-9-6-13(19)10-15(16)21(28(3,24)25)11-17(22)20-14-7-4-12(5-8-14)18(23)27-2/h4-10H,11H2,1-3H3,(H,20,22). The Kier molecular flexibility index (Phi) is 6.87. The van der Waals surface area contributed by atoms with E-state index in [1.165, 1.54) is 50.6 Å². The van der Waals surface area contributed by atoms with E-state index in [2.05, 4.69) is 10.1 Å². The maximum atomic E-state index is 12.4. The van der Waals surface area contributed by atoms with Gasteiger partial charge in [-0.05, 0) is 42.5 Å². The minimum absolute atomic E-state index is 0.147. The molecule has 0 aliphatic heterocycles. The molecule has 1 N–H and O–H groups in total. The van der Waals surface area contributed by atoms with Crippen molar-refractivity contribution in [2.75, 3.05) is 36.6 Å². The van der Waals surface area contributed by atoms with Crippen LogP contribution in [0.2, 0.25) is 5.02 Å². The van der Waals surface area contributed by atoms with Gasteiger partial charge >= 0.3 is 5.97 Å². The van der Waals surface area contributed by atoms with Crippen LogP contribution in [0.1, 0.15) is 10.4 Å². The summed E-state index contributed by atoms with van der Waals surface area (Å²) in [6.07, 6.45) is 0.978. The zero-order valence-corrected chi connectivity index (χ0v) is 17.0. The van der Waals surface area contributed by atoms with Crippen molar-refractivity contribution in [3.63, 3.8) is 0 Å². The number of halogens is 1. The lowest BCUT2D eigenvalue weighted by molar-refractivity contribution is -0.114. The number of benzene rings is 2. The highest BCUT2D eigenvalue weighted by Crippen LogP contribution is 2.32. The molecule has 0 saturated heterocycles. The fraction of sp³-hybridized carbons (Fsp3) is 0.222. The molecule has 0 aliphatic rings. The molecule has 0 saturated carbocycles. The van der Waals surface area contributed by atoms with Crippen LogP contribution < -0.4 is 14.4 Å². The normalized spacial score (nSPS) is 10.9. The minimum Gasteiger partial charge on any atom is -0.495 e. The van der Waals surface area contributed by atoms with E-state index in [0.717, 1.165) is 10.6 Å². The highest BCUT2D eigenvalue weighted by Gasteiger charge is 2.24. The number of anilines is 2. The molecule has 28 heavy (non-hydrogen) atoms. The van der Waals surface area contributed by atoms with E-state index in [0.29, 0.717) is 16.3 Å². The number of sulfonamides is 1. The minimum atomic E-state index is -3.80. The predicted octanol–water partition coefficient (Wildman–Crippen LogP) is 2.54. The molecule has 150 valence electrons. The van der Waals surface area contributed by atoms with E-state index in [1.807, 2.05) is 0 Å². The second kappa shape index (κ2) is 8.94. The Labute approximate surface area is 168 Å². The van der Waals surface area contributed by atoms with Crippen LogP contribution in [0.5, 0.6) is 5.75 Å². The molecule has 0 bridgehead atoms. The second-order valence-electron chi connectivity index (χ2n) is 5.70. The van der Waals surface area contributed by atoms with Crippen molar-refractivity contribution < 1.29 is 27.5 Å². The molecule has 10 heteroatoms. The smallest absolute Gasteiger partial charge is 0.337 e. The summed E-state index contributed by atoms with van der Waals surface area (Å²) in [5, 5.41) is 2.87. The maximum absolute atomic E-state index is 12.4. The molecular formula is C18H19ClN2O6S. The van der Waals surface area contributed by atoms with Gasteiger partial charge in [-0.15, -0.1) is 0 Å². The first-order valence-corrected chi connectivity index (χ1v) is 10.2. The quantitative estimate of drug-likeness (QED) is 0.682. The van der Waals surface area contributed by atoms with Crippen molar-refractivity contribution >= 4 is 44.9 Å². The molecule has 0 atom stereocenters. The Morgan fingerprint density at radius 2 is 1.75 bits per heavy atom. The third kappa shape index (κ3) is 5.37.